The highest BCUT2D eigenvalue weighted by molar-refractivity contribution is 8.00. The quantitative estimate of drug-likeness (QED) is 0.146. The number of pyridine rings is 1. The van der Waals surface area contributed by atoms with Gasteiger partial charge in [0.15, 0.2) is 6.10 Å². The van der Waals surface area contributed by atoms with Gasteiger partial charge in [0.05, 0.1) is 12.1 Å². The largest absolute Gasteiger partial charge is 0.448 e. The lowest BCUT2D eigenvalue weighted by Crippen LogP contribution is -2.70. The molecule has 2 aliphatic rings. The molecule has 1 N–H and O–H groups in total. The molecule has 3 aromatic carbocycles. The number of nitrogens with one attached hydrogen (secondary N) is 1. The summed E-state index contributed by atoms with van der Waals surface area (Å²) in [4.78, 5) is 51.4. The molecule has 2 aliphatic heterocycles. The predicted octanol–water partition coefficient (Wildman–Crippen LogP) is 5.98. The third-order valence-corrected chi connectivity index (χ3v) is 10.3. The van der Waals surface area contributed by atoms with Gasteiger partial charge in [-0.2, -0.15) is 0 Å². The minimum absolute atomic E-state index is 0.164. The van der Waals surface area contributed by atoms with Gasteiger partial charge in [-0.1, -0.05) is 91.0 Å². The topological polar surface area (TPSA) is 101 Å². The highest BCUT2D eigenvalue weighted by Gasteiger charge is 2.54. The van der Waals surface area contributed by atoms with E-state index >= 15 is 0 Å². The van der Waals surface area contributed by atoms with E-state index in [9.17, 15) is 14.4 Å². The number of hydrogen-bond acceptors (Lipinski definition) is 8. The lowest BCUT2D eigenvalue weighted by Gasteiger charge is -2.50. The monoisotopic (exact) mass is 658 g/mol. The summed E-state index contributed by atoms with van der Waals surface area (Å²) in [5.41, 5.74) is 5.23. The molecular formula is C37H30N4O4S2. The normalized spacial score (nSPS) is 17.2. The predicted molar refractivity (Wildman–Crippen MR) is 182 cm³/mol. The maximum Gasteiger partial charge on any atom is 0.356 e. The second-order valence-corrected chi connectivity index (χ2v) is 13.2. The average Bonchev–Trinajstić information content (AvgIpc) is 3.59. The fourth-order valence-electron chi connectivity index (χ4n) is 5.79. The van der Waals surface area contributed by atoms with Gasteiger partial charge >= 0.3 is 5.97 Å². The SMILES string of the molecule is O=C(Cc1ccccc1)NC1C(=O)N2C(C(=O)OC(c3ccccc3)c3ccccc3)=C(Cc3csc(-c4ccncc4)n3)CS[C@H]12. The molecule has 0 aliphatic carbocycles. The molecule has 2 atom stereocenters. The number of rotatable bonds is 10. The van der Waals surface area contributed by atoms with Crippen LogP contribution in [0, 0.1) is 0 Å². The Balaban J connectivity index is 1.18. The van der Waals surface area contributed by atoms with Crippen LogP contribution in [0.5, 0.6) is 0 Å². The third-order valence-electron chi connectivity index (χ3n) is 8.07. The van der Waals surface area contributed by atoms with E-state index in [1.807, 2.05) is 109 Å². The van der Waals surface area contributed by atoms with Crippen molar-refractivity contribution in [2.24, 2.45) is 0 Å². The molecule has 10 heteroatoms. The van der Waals surface area contributed by atoms with Crippen LogP contribution in [0.4, 0.5) is 0 Å². The fraction of sp³-hybridized carbons (Fsp3) is 0.162. The molecule has 0 radical (unpaired) electrons. The summed E-state index contributed by atoms with van der Waals surface area (Å²) in [5.74, 6) is -0.684. The van der Waals surface area contributed by atoms with Gasteiger partial charge < -0.3 is 10.1 Å². The summed E-state index contributed by atoms with van der Waals surface area (Å²) in [6.07, 6.45) is 3.32. The minimum atomic E-state index is -0.739. The number of carbonyl (C=O) groups is 3. The number of aromatic nitrogens is 2. The number of benzene rings is 3. The zero-order valence-electron chi connectivity index (χ0n) is 25.2. The number of nitrogens with zero attached hydrogens (tertiary/aromatic N) is 3. The highest BCUT2D eigenvalue weighted by atomic mass is 32.2. The number of thiazole rings is 1. The van der Waals surface area contributed by atoms with Crippen LogP contribution < -0.4 is 5.32 Å². The molecule has 1 saturated heterocycles. The number of ether oxygens (including phenoxy) is 1. The third kappa shape index (κ3) is 6.61. The number of β-lactam (4-membered cyclic amide) rings is 1. The highest BCUT2D eigenvalue weighted by Crippen LogP contribution is 2.42. The van der Waals surface area contributed by atoms with Crippen molar-refractivity contribution in [3.8, 4) is 10.6 Å². The van der Waals surface area contributed by atoms with Gasteiger partial charge in [-0.15, -0.1) is 23.1 Å². The summed E-state index contributed by atoms with van der Waals surface area (Å²) < 4.78 is 6.29. The first-order chi connectivity index (χ1) is 23.0. The van der Waals surface area contributed by atoms with E-state index in [0.717, 1.165) is 38.5 Å². The standard InChI is InChI=1S/C37H30N4O4S2/c42-30(20-24-10-4-1-5-11-24)40-31-35(43)41-32(37(44)45-33(25-12-6-2-7-13-25)26-14-8-3-9-15-26)28(22-47-36(31)41)21-29-23-46-34(39-29)27-16-18-38-19-17-27/h1-19,23,31,33,36H,20-22H2,(H,40,42)/t31?,36-/m1/s1. The molecule has 234 valence electrons. The maximum absolute atomic E-state index is 14.3. The van der Waals surface area contributed by atoms with E-state index in [4.69, 9.17) is 9.72 Å². The van der Waals surface area contributed by atoms with E-state index in [-0.39, 0.29) is 23.9 Å². The summed E-state index contributed by atoms with van der Waals surface area (Å²) in [6, 6.07) is 31.6. The fourth-order valence-corrected chi connectivity index (χ4v) is 7.97. The van der Waals surface area contributed by atoms with Gasteiger partial charge in [-0.25, -0.2) is 9.78 Å². The Morgan fingerprint density at radius 3 is 2.19 bits per heavy atom. The lowest BCUT2D eigenvalue weighted by molar-refractivity contribution is -0.154. The maximum atomic E-state index is 14.3. The van der Waals surface area contributed by atoms with Crippen LogP contribution in [-0.4, -0.2) is 49.8 Å². The van der Waals surface area contributed by atoms with Gasteiger partial charge in [0, 0.05) is 35.5 Å². The Labute approximate surface area is 280 Å². The molecule has 1 fully saturated rings. The van der Waals surface area contributed by atoms with Gasteiger partial charge in [0.1, 0.15) is 22.1 Å². The van der Waals surface area contributed by atoms with Crippen molar-refractivity contribution in [3.05, 3.63) is 155 Å². The molecule has 5 aromatic rings. The molecule has 2 aromatic heterocycles. The average molecular weight is 659 g/mol. The van der Waals surface area contributed by atoms with Crippen LogP contribution in [0.2, 0.25) is 0 Å². The van der Waals surface area contributed by atoms with Crippen molar-refractivity contribution in [2.75, 3.05) is 5.75 Å². The second-order valence-electron chi connectivity index (χ2n) is 11.2. The molecule has 8 nitrogen and oxygen atoms in total. The summed E-state index contributed by atoms with van der Waals surface area (Å²) in [6.45, 7) is 0. The van der Waals surface area contributed by atoms with Crippen LogP contribution >= 0.6 is 23.1 Å². The van der Waals surface area contributed by atoms with Crippen LogP contribution in [0.1, 0.15) is 28.5 Å². The molecule has 0 spiro atoms. The molecule has 0 saturated carbocycles. The van der Waals surface area contributed by atoms with Crippen LogP contribution in [0.3, 0.4) is 0 Å². The number of esters is 1. The van der Waals surface area contributed by atoms with Crippen molar-refractivity contribution in [2.45, 2.75) is 30.4 Å². The molecule has 47 heavy (non-hydrogen) atoms. The number of amides is 2. The Bertz CT molecular complexity index is 1880. The van der Waals surface area contributed by atoms with Gasteiger partial charge in [-0.3, -0.25) is 19.5 Å². The van der Waals surface area contributed by atoms with Gasteiger partial charge in [-0.05, 0) is 34.4 Å². The molecule has 7 rings (SSSR count). The van der Waals surface area contributed by atoms with Crippen LogP contribution in [0.15, 0.2) is 132 Å². The zero-order chi connectivity index (χ0) is 32.2. The lowest BCUT2D eigenvalue weighted by atomic mass is 9.99. The number of carbonyl (C=O) groups excluding carboxylic acids is 3. The van der Waals surface area contributed by atoms with Crippen molar-refractivity contribution >= 4 is 40.9 Å². The first-order valence-electron chi connectivity index (χ1n) is 15.2. The van der Waals surface area contributed by atoms with Crippen LogP contribution in [-0.2, 0) is 32.0 Å². The van der Waals surface area contributed by atoms with Crippen molar-refractivity contribution < 1.29 is 19.1 Å². The van der Waals surface area contributed by atoms with E-state index in [1.54, 1.807) is 12.4 Å². The molecule has 0 bridgehead atoms. The molecule has 4 heterocycles. The molecule has 1 unspecified atom stereocenters. The van der Waals surface area contributed by atoms with Gasteiger partial charge in [0.2, 0.25) is 5.91 Å². The first-order valence-corrected chi connectivity index (χ1v) is 17.1. The molecular weight excluding hydrogens is 629 g/mol. The van der Waals surface area contributed by atoms with Crippen LogP contribution in [0.25, 0.3) is 10.6 Å². The number of hydrogen-bond donors (Lipinski definition) is 1. The minimum Gasteiger partial charge on any atom is -0.448 e. The van der Waals surface area contributed by atoms with E-state index in [0.29, 0.717) is 12.2 Å². The zero-order valence-corrected chi connectivity index (χ0v) is 26.8. The summed E-state index contributed by atoms with van der Waals surface area (Å²) in [5, 5.41) is 5.31. The first kappa shape index (κ1) is 30.6. The Morgan fingerprint density at radius 1 is 0.894 bits per heavy atom. The summed E-state index contributed by atoms with van der Waals surface area (Å²) >= 11 is 3.05. The number of fused-ring (bicyclic) bond motifs is 1. The second kappa shape index (κ2) is 13.7. The van der Waals surface area contributed by atoms with Gasteiger partial charge in [0.25, 0.3) is 5.91 Å². The Morgan fingerprint density at radius 2 is 1.53 bits per heavy atom. The van der Waals surface area contributed by atoms with Crippen molar-refractivity contribution in [3.63, 3.8) is 0 Å². The van der Waals surface area contributed by atoms with E-state index < -0.39 is 23.5 Å². The number of thioether (sulfide) groups is 1. The Hall–Kier alpha value is -5.06. The summed E-state index contributed by atoms with van der Waals surface area (Å²) in [7, 11) is 0. The molecule has 2 amide bonds. The smallest absolute Gasteiger partial charge is 0.356 e. The van der Waals surface area contributed by atoms with Crippen molar-refractivity contribution in [1.29, 1.82) is 0 Å². The van der Waals surface area contributed by atoms with E-state index in [2.05, 4.69) is 10.3 Å². The van der Waals surface area contributed by atoms with Crippen molar-refractivity contribution in [1.82, 2.24) is 20.2 Å². The Kier molecular flexibility index (Phi) is 8.94. The van der Waals surface area contributed by atoms with E-state index in [1.165, 1.54) is 28.0 Å².